The topological polar surface area (TPSA) is 128 Å². The zero-order valence-electron chi connectivity index (χ0n) is 14.2. The van der Waals surface area contributed by atoms with Crippen molar-refractivity contribution in [1.82, 2.24) is 10.3 Å². The molecule has 2 amide bonds. The van der Waals surface area contributed by atoms with Gasteiger partial charge in [-0.05, 0) is 12.1 Å². The average molecular weight is 364 g/mol. The Morgan fingerprint density at radius 3 is 2.59 bits per heavy atom. The summed E-state index contributed by atoms with van der Waals surface area (Å²) in [5, 5.41) is 14.5. The van der Waals surface area contributed by atoms with Crippen LogP contribution in [0.15, 0.2) is 60.8 Å². The van der Waals surface area contributed by atoms with E-state index in [1.807, 2.05) is 12.1 Å². The smallest absolute Gasteiger partial charge is 0.272 e. The van der Waals surface area contributed by atoms with Crippen molar-refractivity contribution < 1.29 is 14.5 Å². The van der Waals surface area contributed by atoms with E-state index < -0.39 is 22.8 Å². The number of nitrogens with two attached hydrogens (primary N) is 1. The van der Waals surface area contributed by atoms with Crippen LogP contribution in [0.4, 0.5) is 5.69 Å². The molecule has 0 aliphatic rings. The SMILES string of the molecule is NC(=O)[C@@H](Cc1ccccc1[N+](=O)[O-])NC(=O)c1cccc2cccnc12. The average Bonchev–Trinajstić information content (AvgIpc) is 2.67. The van der Waals surface area contributed by atoms with Crippen LogP contribution >= 0.6 is 0 Å². The lowest BCUT2D eigenvalue weighted by Crippen LogP contribution is -2.46. The molecule has 8 heteroatoms. The number of carbonyl (C=O) groups excluding carboxylic acids is 2. The molecule has 1 aromatic heterocycles. The van der Waals surface area contributed by atoms with Gasteiger partial charge in [0.05, 0.1) is 16.0 Å². The number of nitrogens with one attached hydrogen (secondary N) is 1. The number of fused-ring (bicyclic) bond motifs is 1. The molecule has 3 rings (SSSR count). The van der Waals surface area contributed by atoms with Crippen LogP contribution in [0.1, 0.15) is 15.9 Å². The van der Waals surface area contributed by atoms with E-state index in [0.29, 0.717) is 16.6 Å². The Morgan fingerprint density at radius 1 is 1.11 bits per heavy atom. The minimum Gasteiger partial charge on any atom is -0.368 e. The molecule has 0 unspecified atom stereocenters. The molecule has 1 atom stereocenters. The summed E-state index contributed by atoms with van der Waals surface area (Å²) >= 11 is 0. The first kappa shape index (κ1) is 18.0. The van der Waals surface area contributed by atoms with Gasteiger partial charge < -0.3 is 11.1 Å². The molecule has 2 aromatic carbocycles. The molecule has 27 heavy (non-hydrogen) atoms. The van der Waals surface area contributed by atoms with E-state index in [9.17, 15) is 19.7 Å². The third-order valence-electron chi connectivity index (χ3n) is 4.14. The van der Waals surface area contributed by atoms with Gasteiger partial charge in [0, 0.05) is 29.6 Å². The van der Waals surface area contributed by atoms with E-state index in [4.69, 9.17) is 5.73 Å². The minimum absolute atomic E-state index is 0.0869. The van der Waals surface area contributed by atoms with E-state index >= 15 is 0 Å². The fourth-order valence-electron chi connectivity index (χ4n) is 2.83. The molecule has 136 valence electrons. The van der Waals surface area contributed by atoms with Crippen LogP contribution in [0.2, 0.25) is 0 Å². The van der Waals surface area contributed by atoms with Crippen molar-refractivity contribution in [3.05, 3.63) is 82.0 Å². The van der Waals surface area contributed by atoms with E-state index in [1.165, 1.54) is 18.2 Å². The van der Waals surface area contributed by atoms with Gasteiger partial charge in [-0.1, -0.05) is 36.4 Å². The summed E-state index contributed by atoms with van der Waals surface area (Å²) in [6.07, 6.45) is 1.48. The Labute approximate surface area is 154 Å². The van der Waals surface area contributed by atoms with Crippen LogP contribution in [0, 0.1) is 10.1 Å². The lowest BCUT2D eigenvalue weighted by atomic mass is 10.0. The summed E-state index contributed by atoms with van der Waals surface area (Å²) in [5.41, 5.74) is 6.37. The highest BCUT2D eigenvalue weighted by Gasteiger charge is 2.24. The number of nitro groups is 1. The van der Waals surface area contributed by atoms with Gasteiger partial charge in [-0.15, -0.1) is 0 Å². The van der Waals surface area contributed by atoms with Gasteiger partial charge in [0.25, 0.3) is 11.6 Å². The fraction of sp³-hybridized carbons (Fsp3) is 0.105. The highest BCUT2D eigenvalue weighted by atomic mass is 16.6. The third kappa shape index (κ3) is 3.90. The summed E-state index contributed by atoms with van der Waals surface area (Å²) in [4.78, 5) is 39.4. The predicted octanol–water partition coefficient (Wildman–Crippen LogP) is 1.97. The largest absolute Gasteiger partial charge is 0.368 e. The Hall–Kier alpha value is -3.81. The third-order valence-corrected chi connectivity index (χ3v) is 4.14. The lowest BCUT2D eigenvalue weighted by Gasteiger charge is -2.16. The number of carbonyl (C=O) groups is 2. The molecule has 0 spiro atoms. The van der Waals surface area contributed by atoms with Gasteiger partial charge >= 0.3 is 0 Å². The van der Waals surface area contributed by atoms with Crippen molar-refractivity contribution in [3.63, 3.8) is 0 Å². The highest BCUT2D eigenvalue weighted by Crippen LogP contribution is 2.20. The number of amides is 2. The minimum atomic E-state index is -1.10. The molecular weight excluding hydrogens is 348 g/mol. The Bertz CT molecular complexity index is 1030. The van der Waals surface area contributed by atoms with Gasteiger partial charge in [0.15, 0.2) is 0 Å². The van der Waals surface area contributed by atoms with E-state index in [-0.39, 0.29) is 12.1 Å². The number of aromatic nitrogens is 1. The quantitative estimate of drug-likeness (QED) is 0.510. The second-order valence-electron chi connectivity index (χ2n) is 5.90. The molecule has 1 heterocycles. The number of primary amides is 1. The molecule has 8 nitrogen and oxygen atoms in total. The molecule has 0 fully saturated rings. The molecule has 0 bridgehead atoms. The molecule has 0 aliphatic carbocycles. The summed E-state index contributed by atoms with van der Waals surface area (Å²) in [6.45, 7) is 0. The maximum Gasteiger partial charge on any atom is 0.272 e. The first-order valence-corrected chi connectivity index (χ1v) is 8.13. The van der Waals surface area contributed by atoms with Crippen molar-refractivity contribution in [1.29, 1.82) is 0 Å². The zero-order valence-corrected chi connectivity index (χ0v) is 14.2. The maximum absolute atomic E-state index is 12.7. The highest BCUT2D eigenvalue weighted by molar-refractivity contribution is 6.06. The lowest BCUT2D eigenvalue weighted by molar-refractivity contribution is -0.385. The molecule has 0 radical (unpaired) electrons. The van der Waals surface area contributed by atoms with Crippen molar-refractivity contribution in [3.8, 4) is 0 Å². The molecule has 0 saturated carbocycles. The summed E-state index contributed by atoms with van der Waals surface area (Å²) in [6, 6.07) is 13.6. The number of rotatable bonds is 6. The number of nitro benzene ring substituents is 1. The summed E-state index contributed by atoms with van der Waals surface area (Å²) in [5.74, 6) is -1.31. The van der Waals surface area contributed by atoms with Crippen molar-refractivity contribution in [2.75, 3.05) is 0 Å². The van der Waals surface area contributed by atoms with Crippen LogP contribution in [0.25, 0.3) is 10.9 Å². The van der Waals surface area contributed by atoms with Crippen LogP contribution < -0.4 is 11.1 Å². The standard InChI is InChI=1S/C19H16N4O4/c20-18(24)15(11-13-5-1-2-9-16(13)23(26)27)22-19(25)14-8-3-6-12-7-4-10-21-17(12)14/h1-10,15H,11H2,(H2,20,24)(H,22,25)/t15-/m1/s1. The van der Waals surface area contributed by atoms with Crippen molar-refractivity contribution in [2.45, 2.75) is 12.5 Å². The second kappa shape index (κ2) is 7.61. The van der Waals surface area contributed by atoms with Gasteiger partial charge in [-0.2, -0.15) is 0 Å². The first-order chi connectivity index (χ1) is 13.0. The van der Waals surface area contributed by atoms with Gasteiger partial charge in [0.2, 0.25) is 5.91 Å². The van der Waals surface area contributed by atoms with E-state index in [0.717, 1.165) is 5.39 Å². The maximum atomic E-state index is 12.7. The predicted molar refractivity (Wildman–Crippen MR) is 99.0 cm³/mol. The number of para-hydroxylation sites is 2. The molecule has 3 aromatic rings. The Balaban J connectivity index is 1.88. The first-order valence-electron chi connectivity index (χ1n) is 8.13. The van der Waals surface area contributed by atoms with Gasteiger partial charge in [0.1, 0.15) is 6.04 Å². The van der Waals surface area contributed by atoms with Crippen LogP contribution in [0.3, 0.4) is 0 Å². The van der Waals surface area contributed by atoms with Crippen molar-refractivity contribution in [2.24, 2.45) is 5.73 Å². The second-order valence-corrected chi connectivity index (χ2v) is 5.90. The summed E-state index contributed by atoms with van der Waals surface area (Å²) in [7, 11) is 0. The number of hydrogen-bond donors (Lipinski definition) is 2. The molecule has 0 saturated heterocycles. The molecule has 0 aliphatic heterocycles. The normalized spacial score (nSPS) is 11.7. The van der Waals surface area contributed by atoms with E-state index in [2.05, 4.69) is 10.3 Å². The summed E-state index contributed by atoms with van der Waals surface area (Å²) < 4.78 is 0. The Morgan fingerprint density at radius 2 is 1.85 bits per heavy atom. The zero-order chi connectivity index (χ0) is 19.4. The Kier molecular flexibility index (Phi) is 5.07. The van der Waals surface area contributed by atoms with Crippen LogP contribution in [-0.2, 0) is 11.2 Å². The van der Waals surface area contributed by atoms with Crippen LogP contribution in [-0.4, -0.2) is 27.8 Å². The van der Waals surface area contributed by atoms with Gasteiger partial charge in [-0.25, -0.2) is 0 Å². The molecular formula is C19H16N4O4. The number of hydrogen-bond acceptors (Lipinski definition) is 5. The molecule has 3 N–H and O–H groups in total. The number of nitrogens with zero attached hydrogens (tertiary/aromatic N) is 2. The monoisotopic (exact) mass is 364 g/mol. The number of pyridine rings is 1. The van der Waals surface area contributed by atoms with E-state index in [1.54, 1.807) is 30.5 Å². The fourth-order valence-corrected chi connectivity index (χ4v) is 2.83. The van der Waals surface area contributed by atoms with Crippen molar-refractivity contribution >= 4 is 28.4 Å². The van der Waals surface area contributed by atoms with Crippen LogP contribution in [0.5, 0.6) is 0 Å². The van der Waals surface area contributed by atoms with Gasteiger partial charge in [-0.3, -0.25) is 24.7 Å². The number of benzene rings is 2.